The van der Waals surface area contributed by atoms with Crippen LogP contribution in [-0.2, 0) is 9.57 Å². The summed E-state index contributed by atoms with van der Waals surface area (Å²) in [4.78, 5) is 12.4. The number of amidine groups is 1. The predicted molar refractivity (Wildman–Crippen MR) is 146 cm³/mol. The van der Waals surface area contributed by atoms with E-state index in [1.54, 1.807) is 25.6 Å². The van der Waals surface area contributed by atoms with Gasteiger partial charge in [-0.1, -0.05) is 24.2 Å². The average molecular weight is 519 g/mol. The summed E-state index contributed by atoms with van der Waals surface area (Å²) in [6, 6.07) is 11.1. The van der Waals surface area contributed by atoms with Crippen LogP contribution in [0.5, 0.6) is 5.75 Å². The zero-order chi connectivity index (χ0) is 26.6. The van der Waals surface area contributed by atoms with Gasteiger partial charge in [-0.2, -0.15) is 0 Å². The number of hydrogen-bond donors (Lipinski definition) is 0. The molecule has 1 fully saturated rings. The summed E-state index contributed by atoms with van der Waals surface area (Å²) in [6.45, 7) is 7.65. The van der Waals surface area contributed by atoms with Crippen molar-refractivity contribution in [3.05, 3.63) is 82.7 Å². The van der Waals surface area contributed by atoms with Crippen molar-refractivity contribution in [2.75, 3.05) is 26.9 Å². The number of oxime groups is 1. The monoisotopic (exact) mass is 518 g/mol. The quantitative estimate of drug-likeness (QED) is 0.384. The molecular weight excluding hydrogens is 483 g/mol. The van der Waals surface area contributed by atoms with Crippen molar-refractivity contribution in [2.24, 2.45) is 5.16 Å². The van der Waals surface area contributed by atoms with Gasteiger partial charge in [-0.25, -0.2) is 9.37 Å². The third-order valence-electron chi connectivity index (χ3n) is 6.96. The first-order chi connectivity index (χ1) is 18.5. The van der Waals surface area contributed by atoms with Crippen molar-refractivity contribution in [1.82, 2.24) is 14.5 Å². The van der Waals surface area contributed by atoms with E-state index >= 15 is 0 Å². The van der Waals surface area contributed by atoms with Gasteiger partial charge in [0.2, 0.25) is 0 Å². The molecule has 0 saturated carbocycles. The first kappa shape index (κ1) is 26.0. The van der Waals surface area contributed by atoms with Gasteiger partial charge in [0.1, 0.15) is 24.3 Å². The van der Waals surface area contributed by atoms with E-state index in [2.05, 4.69) is 34.1 Å². The number of imidazole rings is 1. The van der Waals surface area contributed by atoms with Crippen LogP contribution in [0.1, 0.15) is 54.6 Å². The molecule has 0 N–H and O–H groups in total. The number of hydrogen-bond acceptors (Lipinski definition) is 6. The van der Waals surface area contributed by atoms with E-state index < -0.39 is 0 Å². The molecule has 0 aliphatic carbocycles. The SMILES string of the molecule is CCCO[C@@H]1CON=C2/C(=C/c3ccc(-n4cnc(C)c4)c(OC)c3)CCCN2[C@H]1c1cc(C)cc(F)c1. The maximum atomic E-state index is 14.5. The van der Waals surface area contributed by atoms with E-state index in [4.69, 9.17) is 14.3 Å². The standard InChI is InChI=1S/C30H35FN4O3/c1-5-11-37-28-18-38-33-30-23(7-6-10-35(30)29(28)24-12-20(2)13-25(31)16-24)14-22-8-9-26(27(15-22)36-4)34-17-21(3)32-19-34/h8-9,12-17,19,28-29H,5-7,10-11,18H2,1-4H3/b23-14+/t28-,29+/m1/s1. The number of fused-ring (bicyclic) bond motifs is 1. The second-order valence-electron chi connectivity index (χ2n) is 9.95. The van der Waals surface area contributed by atoms with Crippen LogP contribution in [0.4, 0.5) is 4.39 Å². The number of benzene rings is 2. The molecule has 3 heterocycles. The van der Waals surface area contributed by atoms with Crippen LogP contribution < -0.4 is 4.74 Å². The smallest absolute Gasteiger partial charge is 0.172 e. The van der Waals surface area contributed by atoms with Crippen LogP contribution >= 0.6 is 0 Å². The summed E-state index contributed by atoms with van der Waals surface area (Å²) in [5, 5.41) is 4.57. The topological polar surface area (TPSA) is 61.1 Å². The van der Waals surface area contributed by atoms with Gasteiger partial charge in [0.05, 0.1) is 30.9 Å². The highest BCUT2D eigenvalue weighted by Gasteiger charge is 2.38. The molecule has 2 aliphatic heterocycles. The van der Waals surface area contributed by atoms with Gasteiger partial charge in [-0.3, -0.25) is 0 Å². The van der Waals surface area contributed by atoms with Crippen LogP contribution in [0.3, 0.4) is 0 Å². The van der Waals surface area contributed by atoms with E-state index in [1.807, 2.05) is 42.8 Å². The Hall–Kier alpha value is -3.65. The fraction of sp³-hybridized carbons (Fsp3) is 0.400. The minimum atomic E-state index is -0.269. The van der Waals surface area contributed by atoms with Crippen molar-refractivity contribution in [3.63, 3.8) is 0 Å². The highest BCUT2D eigenvalue weighted by molar-refractivity contribution is 6.02. The molecule has 0 spiro atoms. The summed E-state index contributed by atoms with van der Waals surface area (Å²) >= 11 is 0. The second-order valence-corrected chi connectivity index (χ2v) is 9.95. The molecular formula is C30H35FN4O3. The van der Waals surface area contributed by atoms with Gasteiger partial charge in [0.15, 0.2) is 5.84 Å². The lowest BCUT2D eigenvalue weighted by Gasteiger charge is -2.39. The van der Waals surface area contributed by atoms with Gasteiger partial charge in [-0.15, -0.1) is 0 Å². The average Bonchev–Trinajstić information content (AvgIpc) is 3.23. The Labute approximate surface area is 223 Å². The Morgan fingerprint density at radius 3 is 2.79 bits per heavy atom. The molecule has 0 radical (unpaired) electrons. The molecule has 0 bridgehead atoms. The molecule has 2 atom stereocenters. The first-order valence-corrected chi connectivity index (χ1v) is 13.2. The summed E-state index contributed by atoms with van der Waals surface area (Å²) < 4.78 is 28.4. The van der Waals surface area contributed by atoms with Crippen LogP contribution in [0.15, 0.2) is 59.7 Å². The van der Waals surface area contributed by atoms with Crippen molar-refractivity contribution < 1.29 is 18.7 Å². The van der Waals surface area contributed by atoms with E-state index in [-0.39, 0.29) is 18.0 Å². The number of aryl methyl sites for hydroxylation is 2. The minimum Gasteiger partial charge on any atom is -0.495 e. The maximum absolute atomic E-state index is 14.5. The molecule has 8 heteroatoms. The van der Waals surface area contributed by atoms with E-state index in [0.717, 1.165) is 71.0 Å². The highest BCUT2D eigenvalue weighted by atomic mass is 19.1. The lowest BCUT2D eigenvalue weighted by atomic mass is 9.93. The molecule has 3 aromatic rings. The fourth-order valence-corrected chi connectivity index (χ4v) is 5.31. The van der Waals surface area contributed by atoms with E-state index in [0.29, 0.717) is 13.2 Å². The molecule has 2 aromatic carbocycles. The summed E-state index contributed by atoms with van der Waals surface area (Å²) in [5.74, 6) is 1.29. The predicted octanol–water partition coefficient (Wildman–Crippen LogP) is 6.00. The van der Waals surface area contributed by atoms with Gasteiger partial charge in [-0.05, 0) is 85.7 Å². The van der Waals surface area contributed by atoms with Crippen LogP contribution in [0.25, 0.3) is 11.8 Å². The minimum absolute atomic E-state index is 0.206. The number of rotatable bonds is 7. The van der Waals surface area contributed by atoms with Crippen LogP contribution in [0.2, 0.25) is 0 Å². The van der Waals surface area contributed by atoms with Gasteiger partial charge < -0.3 is 23.8 Å². The maximum Gasteiger partial charge on any atom is 0.172 e. The molecule has 0 unspecified atom stereocenters. The highest BCUT2D eigenvalue weighted by Crippen LogP contribution is 2.36. The number of ether oxygens (including phenoxy) is 2. The van der Waals surface area contributed by atoms with Crippen molar-refractivity contribution in [2.45, 2.75) is 52.2 Å². The number of nitrogens with zero attached hydrogens (tertiary/aromatic N) is 4. The Bertz CT molecular complexity index is 1330. The van der Waals surface area contributed by atoms with Gasteiger partial charge in [0.25, 0.3) is 0 Å². The summed E-state index contributed by atoms with van der Waals surface area (Å²) in [5.41, 5.74) is 5.70. The third-order valence-corrected chi connectivity index (χ3v) is 6.96. The number of aromatic nitrogens is 2. The Kier molecular flexibility index (Phi) is 7.79. The van der Waals surface area contributed by atoms with Crippen molar-refractivity contribution in [3.8, 4) is 11.4 Å². The molecule has 200 valence electrons. The number of halogens is 1. The number of piperidine rings is 1. The third kappa shape index (κ3) is 5.45. The van der Waals surface area contributed by atoms with Crippen molar-refractivity contribution in [1.29, 1.82) is 0 Å². The van der Waals surface area contributed by atoms with Gasteiger partial charge >= 0.3 is 0 Å². The lowest BCUT2D eigenvalue weighted by Crippen LogP contribution is -2.44. The van der Waals surface area contributed by atoms with Crippen LogP contribution in [-0.4, -0.2) is 53.3 Å². The Morgan fingerprint density at radius 2 is 2.05 bits per heavy atom. The normalized spacial score (nSPS) is 20.5. The molecule has 5 rings (SSSR count). The molecule has 0 amide bonds. The molecule has 38 heavy (non-hydrogen) atoms. The van der Waals surface area contributed by atoms with Gasteiger partial charge in [0, 0.05) is 19.3 Å². The Balaban J connectivity index is 1.51. The summed E-state index contributed by atoms with van der Waals surface area (Å²) in [7, 11) is 1.67. The summed E-state index contributed by atoms with van der Waals surface area (Å²) in [6.07, 6.45) is 8.32. The lowest BCUT2D eigenvalue weighted by molar-refractivity contribution is -0.0404. The van der Waals surface area contributed by atoms with E-state index in [1.165, 1.54) is 0 Å². The van der Waals surface area contributed by atoms with Crippen molar-refractivity contribution >= 4 is 11.9 Å². The fourth-order valence-electron chi connectivity index (χ4n) is 5.31. The largest absolute Gasteiger partial charge is 0.495 e. The Morgan fingerprint density at radius 1 is 1.18 bits per heavy atom. The first-order valence-electron chi connectivity index (χ1n) is 13.2. The zero-order valence-electron chi connectivity index (χ0n) is 22.5. The molecule has 2 aliphatic rings. The van der Waals surface area contributed by atoms with E-state index in [9.17, 15) is 4.39 Å². The zero-order valence-corrected chi connectivity index (χ0v) is 22.5. The second kappa shape index (κ2) is 11.4. The molecule has 1 aromatic heterocycles. The molecule has 7 nitrogen and oxygen atoms in total. The number of methoxy groups -OCH3 is 1. The van der Waals surface area contributed by atoms with Crippen LogP contribution in [0, 0.1) is 19.7 Å². The molecule has 1 saturated heterocycles.